The lowest BCUT2D eigenvalue weighted by molar-refractivity contribution is -0.0498. The van der Waals surface area contributed by atoms with Gasteiger partial charge in [-0.3, -0.25) is 0 Å². The Morgan fingerprint density at radius 3 is 2.93 bits per heavy atom. The van der Waals surface area contributed by atoms with Crippen LogP contribution < -0.4 is 0 Å². The first-order chi connectivity index (χ1) is 7.17. The van der Waals surface area contributed by atoms with E-state index in [2.05, 4.69) is 13.0 Å². The molecule has 0 radical (unpaired) electrons. The number of fused-ring (bicyclic) bond motifs is 1. The summed E-state index contributed by atoms with van der Waals surface area (Å²) in [4.78, 5) is 0. The van der Waals surface area contributed by atoms with E-state index in [4.69, 9.17) is 4.74 Å². The molecule has 1 aromatic rings. The lowest BCUT2D eigenvalue weighted by Crippen LogP contribution is -2.35. The predicted octanol–water partition coefficient (Wildman–Crippen LogP) is 2.42. The van der Waals surface area contributed by atoms with Crippen molar-refractivity contribution in [2.45, 2.75) is 31.3 Å². The Labute approximate surface area is 90.9 Å². The Morgan fingerprint density at radius 1 is 1.47 bits per heavy atom. The van der Waals surface area contributed by atoms with Gasteiger partial charge in [0.2, 0.25) is 0 Å². The maximum Gasteiger partial charge on any atom is 0.113 e. The van der Waals surface area contributed by atoms with Crippen LogP contribution in [0.2, 0.25) is 0 Å². The van der Waals surface area contributed by atoms with Crippen LogP contribution in [0, 0.1) is 0 Å². The molecule has 0 spiro atoms. The number of benzene rings is 1. The quantitative estimate of drug-likeness (QED) is 0.805. The summed E-state index contributed by atoms with van der Waals surface area (Å²) in [6, 6.07) is 8.15. The standard InChI is InChI=1S/C13H18O2/c1-10-7-8-13(14,9-15-2)12-6-4-3-5-11(10)12/h3-6,10,14H,7-9H2,1-2H3. The average molecular weight is 206 g/mol. The molecule has 2 rings (SSSR count). The lowest BCUT2D eigenvalue weighted by Gasteiger charge is -2.36. The predicted molar refractivity (Wildman–Crippen MR) is 59.9 cm³/mol. The van der Waals surface area contributed by atoms with Crippen molar-refractivity contribution >= 4 is 0 Å². The van der Waals surface area contributed by atoms with Crippen LogP contribution >= 0.6 is 0 Å². The van der Waals surface area contributed by atoms with E-state index in [1.165, 1.54) is 5.56 Å². The molecule has 2 atom stereocenters. The first-order valence-electron chi connectivity index (χ1n) is 5.48. The SMILES string of the molecule is COCC1(O)CCC(C)c2ccccc21. The van der Waals surface area contributed by atoms with Crippen LogP contribution in [0.3, 0.4) is 0 Å². The molecule has 0 saturated heterocycles. The number of hydrogen-bond acceptors (Lipinski definition) is 2. The summed E-state index contributed by atoms with van der Waals surface area (Å²) in [5.74, 6) is 0.540. The zero-order valence-corrected chi connectivity index (χ0v) is 9.36. The van der Waals surface area contributed by atoms with Gasteiger partial charge in [0.25, 0.3) is 0 Å². The number of hydrogen-bond donors (Lipinski definition) is 1. The van der Waals surface area contributed by atoms with Gasteiger partial charge in [0.15, 0.2) is 0 Å². The molecule has 1 N–H and O–H groups in total. The van der Waals surface area contributed by atoms with E-state index < -0.39 is 5.60 Å². The summed E-state index contributed by atoms with van der Waals surface area (Å²) in [5, 5.41) is 10.5. The van der Waals surface area contributed by atoms with Gasteiger partial charge in [-0.05, 0) is 29.9 Å². The highest BCUT2D eigenvalue weighted by molar-refractivity contribution is 5.37. The van der Waals surface area contributed by atoms with E-state index in [9.17, 15) is 5.11 Å². The molecule has 0 heterocycles. The number of rotatable bonds is 2. The molecule has 2 unspecified atom stereocenters. The molecule has 0 amide bonds. The minimum Gasteiger partial charge on any atom is -0.383 e. The fourth-order valence-corrected chi connectivity index (χ4v) is 2.48. The monoisotopic (exact) mass is 206 g/mol. The summed E-state index contributed by atoms with van der Waals surface area (Å²) in [7, 11) is 1.64. The van der Waals surface area contributed by atoms with Gasteiger partial charge in [0, 0.05) is 7.11 Å². The fourth-order valence-electron chi connectivity index (χ4n) is 2.48. The van der Waals surface area contributed by atoms with Gasteiger partial charge < -0.3 is 9.84 Å². The van der Waals surface area contributed by atoms with E-state index in [1.54, 1.807) is 7.11 Å². The van der Waals surface area contributed by atoms with Crippen molar-refractivity contribution in [3.8, 4) is 0 Å². The molecule has 0 saturated carbocycles. The number of aliphatic hydroxyl groups is 1. The Bertz CT molecular complexity index is 348. The van der Waals surface area contributed by atoms with Crippen molar-refractivity contribution in [3.63, 3.8) is 0 Å². The lowest BCUT2D eigenvalue weighted by atomic mass is 9.75. The average Bonchev–Trinajstić information content (AvgIpc) is 2.25. The zero-order valence-electron chi connectivity index (χ0n) is 9.36. The highest BCUT2D eigenvalue weighted by atomic mass is 16.5. The molecule has 1 aliphatic carbocycles. The van der Waals surface area contributed by atoms with Crippen molar-refractivity contribution in [3.05, 3.63) is 35.4 Å². The first-order valence-corrected chi connectivity index (χ1v) is 5.48. The van der Waals surface area contributed by atoms with E-state index >= 15 is 0 Å². The molecule has 0 fully saturated rings. The number of ether oxygens (including phenoxy) is 1. The van der Waals surface area contributed by atoms with E-state index in [-0.39, 0.29) is 0 Å². The van der Waals surface area contributed by atoms with E-state index in [0.717, 1.165) is 18.4 Å². The third kappa shape index (κ3) is 1.80. The molecule has 0 aromatic heterocycles. The van der Waals surface area contributed by atoms with Gasteiger partial charge in [0.05, 0.1) is 6.61 Å². The van der Waals surface area contributed by atoms with Crippen molar-refractivity contribution in [1.82, 2.24) is 0 Å². The Hall–Kier alpha value is -0.860. The van der Waals surface area contributed by atoms with Gasteiger partial charge in [-0.15, -0.1) is 0 Å². The van der Waals surface area contributed by atoms with Crippen LogP contribution in [0.5, 0.6) is 0 Å². The third-order valence-corrected chi connectivity index (χ3v) is 3.37. The second-order valence-corrected chi connectivity index (χ2v) is 4.49. The van der Waals surface area contributed by atoms with Gasteiger partial charge in [-0.25, -0.2) is 0 Å². The maximum absolute atomic E-state index is 10.5. The molecule has 0 bridgehead atoms. The molecular formula is C13H18O2. The largest absolute Gasteiger partial charge is 0.383 e. The summed E-state index contributed by atoms with van der Waals surface area (Å²) in [6.07, 6.45) is 1.82. The highest BCUT2D eigenvalue weighted by Crippen LogP contribution is 2.41. The Balaban J connectivity index is 2.44. The Morgan fingerprint density at radius 2 is 2.20 bits per heavy atom. The van der Waals surface area contributed by atoms with Crippen molar-refractivity contribution in [1.29, 1.82) is 0 Å². The van der Waals surface area contributed by atoms with Crippen LogP contribution in [0.15, 0.2) is 24.3 Å². The molecule has 2 nitrogen and oxygen atoms in total. The van der Waals surface area contributed by atoms with Crippen LogP contribution in [-0.4, -0.2) is 18.8 Å². The minimum atomic E-state index is -0.780. The summed E-state index contributed by atoms with van der Waals surface area (Å²) >= 11 is 0. The third-order valence-electron chi connectivity index (χ3n) is 3.37. The van der Waals surface area contributed by atoms with Crippen LogP contribution in [0.1, 0.15) is 36.8 Å². The molecule has 0 aliphatic heterocycles. The molecule has 15 heavy (non-hydrogen) atoms. The smallest absolute Gasteiger partial charge is 0.113 e. The van der Waals surface area contributed by atoms with E-state index in [1.807, 2.05) is 18.2 Å². The van der Waals surface area contributed by atoms with Gasteiger partial charge in [-0.2, -0.15) is 0 Å². The molecule has 2 heteroatoms. The molecule has 1 aliphatic rings. The topological polar surface area (TPSA) is 29.5 Å². The van der Waals surface area contributed by atoms with Crippen molar-refractivity contribution < 1.29 is 9.84 Å². The number of methoxy groups -OCH3 is 1. The Kier molecular flexibility index (Phi) is 2.81. The van der Waals surface area contributed by atoms with Gasteiger partial charge in [0.1, 0.15) is 5.60 Å². The fraction of sp³-hybridized carbons (Fsp3) is 0.538. The first kappa shape index (κ1) is 10.7. The van der Waals surface area contributed by atoms with Crippen molar-refractivity contribution in [2.75, 3.05) is 13.7 Å². The maximum atomic E-state index is 10.5. The van der Waals surface area contributed by atoms with Crippen molar-refractivity contribution in [2.24, 2.45) is 0 Å². The summed E-state index contributed by atoms with van der Waals surface area (Å²) in [6.45, 7) is 2.60. The molecule has 82 valence electrons. The zero-order chi connectivity index (χ0) is 10.9. The summed E-state index contributed by atoms with van der Waals surface area (Å²) in [5.41, 5.74) is 1.53. The second-order valence-electron chi connectivity index (χ2n) is 4.49. The van der Waals surface area contributed by atoms with Gasteiger partial charge >= 0.3 is 0 Å². The second kappa shape index (κ2) is 3.95. The van der Waals surface area contributed by atoms with Crippen LogP contribution in [0.25, 0.3) is 0 Å². The highest BCUT2D eigenvalue weighted by Gasteiger charge is 2.36. The molecule has 1 aromatic carbocycles. The minimum absolute atomic E-state index is 0.386. The summed E-state index contributed by atoms with van der Waals surface area (Å²) < 4.78 is 5.13. The molecular weight excluding hydrogens is 188 g/mol. The van der Waals surface area contributed by atoms with Crippen LogP contribution in [0.4, 0.5) is 0 Å². The van der Waals surface area contributed by atoms with Gasteiger partial charge in [-0.1, -0.05) is 31.2 Å². The normalized spacial score (nSPS) is 29.9. The van der Waals surface area contributed by atoms with E-state index in [0.29, 0.717) is 12.5 Å². The van der Waals surface area contributed by atoms with Crippen LogP contribution in [-0.2, 0) is 10.3 Å².